The van der Waals surface area contributed by atoms with E-state index in [9.17, 15) is 9.59 Å². The Morgan fingerprint density at radius 1 is 1.35 bits per heavy atom. The second-order valence-electron chi connectivity index (χ2n) is 5.50. The molecule has 2 rings (SSSR count). The number of carboxylic acid groups (broad SMARTS) is 1. The summed E-state index contributed by atoms with van der Waals surface area (Å²) >= 11 is 0. The molecule has 0 radical (unpaired) electrons. The summed E-state index contributed by atoms with van der Waals surface area (Å²) in [5, 5.41) is 8.83. The summed E-state index contributed by atoms with van der Waals surface area (Å²) in [7, 11) is 1.89. The number of hydrogen-bond acceptors (Lipinski definition) is 2. The maximum absolute atomic E-state index is 12.6. The SMILES string of the molecule is Cc1ccc(C(=O)N2CCCC[C@@H]2CCC(=O)O)n1C. The fourth-order valence-corrected chi connectivity index (χ4v) is 2.83. The zero-order chi connectivity index (χ0) is 14.7. The van der Waals surface area contributed by atoms with Crippen molar-refractivity contribution in [3.63, 3.8) is 0 Å². The first-order chi connectivity index (χ1) is 9.50. The van der Waals surface area contributed by atoms with Crippen LogP contribution in [0.3, 0.4) is 0 Å². The number of aliphatic carboxylic acids is 1. The molecule has 20 heavy (non-hydrogen) atoms. The first-order valence-electron chi connectivity index (χ1n) is 7.16. The summed E-state index contributed by atoms with van der Waals surface area (Å²) in [4.78, 5) is 25.2. The highest BCUT2D eigenvalue weighted by Crippen LogP contribution is 2.23. The van der Waals surface area contributed by atoms with E-state index in [1.165, 1.54) is 0 Å². The molecule has 0 saturated carbocycles. The average molecular weight is 278 g/mol. The minimum atomic E-state index is -0.794. The number of nitrogens with zero attached hydrogens (tertiary/aromatic N) is 2. The Labute approximate surface area is 119 Å². The lowest BCUT2D eigenvalue weighted by Gasteiger charge is -2.35. The molecule has 110 valence electrons. The molecular formula is C15H22N2O3. The van der Waals surface area contributed by atoms with E-state index in [1.807, 2.05) is 35.6 Å². The second-order valence-corrected chi connectivity index (χ2v) is 5.50. The predicted molar refractivity (Wildman–Crippen MR) is 75.7 cm³/mol. The molecule has 1 aliphatic rings. The van der Waals surface area contributed by atoms with Gasteiger partial charge in [-0.25, -0.2) is 0 Å². The molecule has 2 heterocycles. The van der Waals surface area contributed by atoms with Gasteiger partial charge >= 0.3 is 5.97 Å². The van der Waals surface area contributed by atoms with Crippen molar-refractivity contribution < 1.29 is 14.7 Å². The molecule has 0 aromatic carbocycles. The lowest BCUT2D eigenvalue weighted by Crippen LogP contribution is -2.44. The third-order valence-electron chi connectivity index (χ3n) is 4.17. The molecule has 0 aliphatic carbocycles. The lowest BCUT2D eigenvalue weighted by atomic mass is 9.97. The van der Waals surface area contributed by atoms with Gasteiger partial charge in [-0.1, -0.05) is 0 Å². The van der Waals surface area contributed by atoms with Gasteiger partial charge in [-0.05, 0) is 44.7 Å². The van der Waals surface area contributed by atoms with Crippen LogP contribution in [0, 0.1) is 6.92 Å². The van der Waals surface area contributed by atoms with Crippen molar-refractivity contribution in [1.82, 2.24) is 9.47 Å². The number of aryl methyl sites for hydroxylation is 1. The fourth-order valence-electron chi connectivity index (χ4n) is 2.83. The normalized spacial score (nSPS) is 19.1. The Kier molecular flexibility index (Phi) is 4.47. The van der Waals surface area contributed by atoms with Gasteiger partial charge in [0.05, 0.1) is 0 Å². The van der Waals surface area contributed by atoms with Gasteiger partial charge in [-0.2, -0.15) is 0 Å². The number of piperidine rings is 1. The Morgan fingerprint density at radius 2 is 2.10 bits per heavy atom. The first-order valence-corrected chi connectivity index (χ1v) is 7.16. The molecule has 1 aromatic heterocycles. The van der Waals surface area contributed by atoms with Crippen LogP contribution in [0.15, 0.2) is 12.1 Å². The number of rotatable bonds is 4. The Hall–Kier alpha value is -1.78. The highest BCUT2D eigenvalue weighted by atomic mass is 16.4. The quantitative estimate of drug-likeness (QED) is 0.918. The van der Waals surface area contributed by atoms with E-state index in [0.717, 1.165) is 31.5 Å². The summed E-state index contributed by atoms with van der Waals surface area (Å²) in [6, 6.07) is 3.84. The van der Waals surface area contributed by atoms with Crippen molar-refractivity contribution in [2.45, 2.75) is 45.1 Å². The van der Waals surface area contributed by atoms with Gasteiger partial charge in [-0.15, -0.1) is 0 Å². The van der Waals surface area contributed by atoms with E-state index in [-0.39, 0.29) is 18.4 Å². The highest BCUT2D eigenvalue weighted by molar-refractivity contribution is 5.93. The standard InChI is InChI=1S/C15H22N2O3/c1-11-6-8-13(16(11)2)15(20)17-10-4-3-5-12(17)7-9-14(18)19/h6,8,12H,3-5,7,9-10H2,1-2H3,(H,18,19)/t12-/m1/s1. The fraction of sp³-hybridized carbons (Fsp3) is 0.600. The molecule has 5 nitrogen and oxygen atoms in total. The Bertz CT molecular complexity index is 507. The predicted octanol–water partition coefficient (Wildman–Crippen LogP) is 2.19. The van der Waals surface area contributed by atoms with Crippen molar-refractivity contribution in [3.8, 4) is 0 Å². The van der Waals surface area contributed by atoms with Crippen molar-refractivity contribution in [2.75, 3.05) is 6.54 Å². The van der Waals surface area contributed by atoms with Gasteiger partial charge in [0.25, 0.3) is 5.91 Å². The van der Waals surface area contributed by atoms with Gasteiger partial charge in [0, 0.05) is 31.7 Å². The third kappa shape index (κ3) is 3.03. The van der Waals surface area contributed by atoms with Crippen molar-refractivity contribution in [2.24, 2.45) is 7.05 Å². The molecule has 1 aromatic rings. The van der Waals surface area contributed by atoms with E-state index < -0.39 is 5.97 Å². The third-order valence-corrected chi connectivity index (χ3v) is 4.17. The average Bonchev–Trinajstić information content (AvgIpc) is 2.76. The Balaban J connectivity index is 2.13. The number of aromatic nitrogens is 1. The van der Waals surface area contributed by atoms with Crippen LogP contribution in [-0.4, -0.2) is 39.0 Å². The van der Waals surface area contributed by atoms with E-state index in [1.54, 1.807) is 0 Å². The second kappa shape index (κ2) is 6.11. The monoisotopic (exact) mass is 278 g/mol. The van der Waals surface area contributed by atoms with Gasteiger partial charge in [0.2, 0.25) is 0 Å². The van der Waals surface area contributed by atoms with Crippen LogP contribution in [0.4, 0.5) is 0 Å². The summed E-state index contributed by atoms with van der Waals surface area (Å²) in [5.41, 5.74) is 1.73. The molecule has 0 spiro atoms. The van der Waals surface area contributed by atoms with Gasteiger partial charge in [0.1, 0.15) is 5.69 Å². The maximum atomic E-state index is 12.6. The number of hydrogen-bond donors (Lipinski definition) is 1. The molecular weight excluding hydrogens is 256 g/mol. The Morgan fingerprint density at radius 3 is 2.70 bits per heavy atom. The first kappa shape index (κ1) is 14.6. The van der Waals surface area contributed by atoms with Crippen LogP contribution in [-0.2, 0) is 11.8 Å². The van der Waals surface area contributed by atoms with Crippen LogP contribution < -0.4 is 0 Å². The number of carbonyl (C=O) groups excluding carboxylic acids is 1. The summed E-state index contributed by atoms with van der Waals surface area (Å²) < 4.78 is 1.89. The number of amides is 1. The number of carbonyl (C=O) groups is 2. The van der Waals surface area contributed by atoms with Crippen LogP contribution >= 0.6 is 0 Å². The van der Waals surface area contributed by atoms with Crippen molar-refractivity contribution in [3.05, 3.63) is 23.5 Å². The smallest absolute Gasteiger partial charge is 0.303 e. The molecule has 1 atom stereocenters. The molecule has 1 aliphatic heterocycles. The zero-order valence-electron chi connectivity index (χ0n) is 12.1. The maximum Gasteiger partial charge on any atom is 0.303 e. The molecule has 1 saturated heterocycles. The molecule has 1 amide bonds. The van der Waals surface area contributed by atoms with Crippen LogP contribution in [0.1, 0.15) is 48.3 Å². The van der Waals surface area contributed by atoms with E-state index in [0.29, 0.717) is 12.1 Å². The summed E-state index contributed by atoms with van der Waals surface area (Å²) in [6.07, 6.45) is 3.65. The van der Waals surface area contributed by atoms with Gasteiger partial charge in [-0.3, -0.25) is 9.59 Å². The highest BCUT2D eigenvalue weighted by Gasteiger charge is 2.29. The zero-order valence-corrected chi connectivity index (χ0v) is 12.1. The number of likely N-dealkylation sites (tertiary alicyclic amines) is 1. The topological polar surface area (TPSA) is 62.5 Å². The van der Waals surface area contributed by atoms with Gasteiger partial charge < -0.3 is 14.6 Å². The number of carboxylic acids is 1. The molecule has 5 heteroatoms. The van der Waals surface area contributed by atoms with Crippen molar-refractivity contribution in [1.29, 1.82) is 0 Å². The van der Waals surface area contributed by atoms with Crippen LogP contribution in [0.5, 0.6) is 0 Å². The largest absolute Gasteiger partial charge is 0.481 e. The lowest BCUT2D eigenvalue weighted by molar-refractivity contribution is -0.137. The van der Waals surface area contributed by atoms with E-state index in [2.05, 4.69) is 0 Å². The van der Waals surface area contributed by atoms with E-state index in [4.69, 9.17) is 5.11 Å². The van der Waals surface area contributed by atoms with E-state index >= 15 is 0 Å². The molecule has 1 fully saturated rings. The van der Waals surface area contributed by atoms with Crippen LogP contribution in [0.2, 0.25) is 0 Å². The molecule has 0 bridgehead atoms. The minimum absolute atomic E-state index is 0.0238. The summed E-state index contributed by atoms with van der Waals surface area (Å²) in [6.45, 7) is 2.70. The van der Waals surface area contributed by atoms with Crippen LogP contribution in [0.25, 0.3) is 0 Å². The minimum Gasteiger partial charge on any atom is -0.481 e. The van der Waals surface area contributed by atoms with Crippen molar-refractivity contribution >= 4 is 11.9 Å². The molecule has 1 N–H and O–H groups in total. The molecule has 0 unspecified atom stereocenters. The van der Waals surface area contributed by atoms with Gasteiger partial charge in [0.15, 0.2) is 0 Å². The summed E-state index contributed by atoms with van der Waals surface area (Å²) in [5.74, 6) is -0.770.